The summed E-state index contributed by atoms with van der Waals surface area (Å²) in [4.78, 5) is 7.04. The molecule has 0 aliphatic carbocycles. The quantitative estimate of drug-likeness (QED) is 0.315. The number of guanidine groups is 1. The molecule has 1 fully saturated rings. The number of hydrogen-bond donors (Lipinski definition) is 2. The summed E-state index contributed by atoms with van der Waals surface area (Å²) in [6.45, 7) is 5.45. The van der Waals surface area contributed by atoms with Gasteiger partial charge in [0.15, 0.2) is 5.96 Å². The lowest BCUT2D eigenvalue weighted by atomic mass is 10.2. The first kappa shape index (κ1) is 23.7. The van der Waals surface area contributed by atoms with Gasteiger partial charge in [0.25, 0.3) is 0 Å². The standard InChI is InChI=1S/C22H30N4OS.HI/c1-2-23-22(24-14-16-28(27)18-19-9-5-3-6-10-19)25-20-13-15-26(17-20)21-11-7-4-8-12-21;/h3-12,20H,2,13-18H2,1H3,(H2,23,24,25);1H. The Labute approximate surface area is 193 Å². The topological polar surface area (TPSA) is 56.7 Å². The molecule has 2 unspecified atom stereocenters. The summed E-state index contributed by atoms with van der Waals surface area (Å²) in [5, 5.41) is 6.85. The number of anilines is 1. The highest BCUT2D eigenvalue weighted by Gasteiger charge is 2.23. The van der Waals surface area contributed by atoms with Crippen LogP contribution in [0, 0.1) is 0 Å². The highest BCUT2D eigenvalue weighted by molar-refractivity contribution is 14.0. The van der Waals surface area contributed by atoms with Crippen LogP contribution in [0.25, 0.3) is 0 Å². The van der Waals surface area contributed by atoms with Crippen LogP contribution in [-0.4, -0.2) is 48.1 Å². The number of benzene rings is 2. The number of rotatable bonds is 8. The molecule has 5 nitrogen and oxygen atoms in total. The van der Waals surface area contributed by atoms with Crippen molar-refractivity contribution in [3.63, 3.8) is 0 Å². The van der Waals surface area contributed by atoms with Gasteiger partial charge in [-0.05, 0) is 31.0 Å². The molecule has 0 spiro atoms. The highest BCUT2D eigenvalue weighted by atomic mass is 127. The predicted molar refractivity (Wildman–Crippen MR) is 135 cm³/mol. The van der Waals surface area contributed by atoms with Crippen molar-refractivity contribution in [1.82, 2.24) is 10.6 Å². The summed E-state index contributed by atoms with van der Waals surface area (Å²) < 4.78 is 12.3. The predicted octanol–water partition coefficient (Wildman–Crippen LogP) is 3.39. The summed E-state index contributed by atoms with van der Waals surface area (Å²) in [6.07, 6.45) is 1.08. The van der Waals surface area contributed by atoms with Crippen molar-refractivity contribution in [3.05, 3.63) is 66.2 Å². The van der Waals surface area contributed by atoms with E-state index in [2.05, 4.69) is 51.7 Å². The van der Waals surface area contributed by atoms with Gasteiger partial charge in [-0.15, -0.1) is 24.0 Å². The van der Waals surface area contributed by atoms with E-state index in [4.69, 9.17) is 0 Å². The number of nitrogens with one attached hydrogen (secondary N) is 2. The minimum atomic E-state index is -0.897. The van der Waals surface area contributed by atoms with E-state index in [0.717, 1.165) is 37.6 Å². The van der Waals surface area contributed by atoms with Crippen molar-refractivity contribution in [2.24, 2.45) is 4.99 Å². The Hall–Kier alpha value is -1.61. The van der Waals surface area contributed by atoms with Gasteiger partial charge in [-0.25, -0.2) is 0 Å². The lowest BCUT2D eigenvalue weighted by molar-refractivity contribution is 0.650. The maximum Gasteiger partial charge on any atom is 0.191 e. The summed E-state index contributed by atoms with van der Waals surface area (Å²) in [5.74, 6) is 1.99. The molecule has 2 aromatic carbocycles. The fourth-order valence-corrected chi connectivity index (χ4v) is 4.36. The van der Waals surface area contributed by atoms with Crippen LogP contribution < -0.4 is 15.5 Å². The zero-order valence-corrected chi connectivity index (χ0v) is 20.1. The summed E-state index contributed by atoms with van der Waals surface area (Å²) in [6, 6.07) is 20.9. The van der Waals surface area contributed by atoms with Crippen molar-refractivity contribution in [2.75, 3.05) is 36.8 Å². The molecule has 0 saturated carbocycles. The second-order valence-corrected chi connectivity index (χ2v) is 8.52. The molecule has 29 heavy (non-hydrogen) atoms. The van der Waals surface area contributed by atoms with Crippen LogP contribution in [0.2, 0.25) is 0 Å². The van der Waals surface area contributed by atoms with Crippen molar-refractivity contribution in [1.29, 1.82) is 0 Å². The molecule has 2 N–H and O–H groups in total. The third kappa shape index (κ3) is 7.97. The van der Waals surface area contributed by atoms with Gasteiger partial charge in [0.05, 0.1) is 6.54 Å². The van der Waals surface area contributed by atoms with E-state index in [1.807, 2.05) is 36.4 Å². The average molecular weight is 526 g/mol. The maximum atomic E-state index is 12.3. The number of aliphatic imine (C=N–C) groups is 1. The molecule has 1 aliphatic heterocycles. The van der Waals surface area contributed by atoms with Crippen molar-refractivity contribution >= 4 is 46.4 Å². The van der Waals surface area contributed by atoms with E-state index in [0.29, 0.717) is 24.1 Å². The zero-order chi connectivity index (χ0) is 19.6. The number of nitrogens with zero attached hydrogens (tertiary/aromatic N) is 2. The van der Waals surface area contributed by atoms with E-state index in [-0.39, 0.29) is 24.0 Å². The lowest BCUT2D eigenvalue weighted by Gasteiger charge is -2.20. The Kier molecular flexibility index (Phi) is 10.5. The van der Waals surface area contributed by atoms with E-state index < -0.39 is 10.8 Å². The summed E-state index contributed by atoms with van der Waals surface area (Å²) in [7, 11) is -0.897. The summed E-state index contributed by atoms with van der Waals surface area (Å²) >= 11 is 0. The molecule has 7 heteroatoms. The Morgan fingerprint density at radius 1 is 1.14 bits per heavy atom. The van der Waals surface area contributed by atoms with Crippen LogP contribution in [0.5, 0.6) is 0 Å². The van der Waals surface area contributed by atoms with Crippen LogP contribution in [-0.2, 0) is 16.6 Å². The normalized spacial score (nSPS) is 17.5. The van der Waals surface area contributed by atoms with Crippen LogP contribution in [0.4, 0.5) is 5.69 Å². The Bertz CT molecular complexity index is 773. The molecule has 158 valence electrons. The van der Waals surface area contributed by atoms with Gasteiger partial charge < -0.3 is 15.5 Å². The molecule has 0 radical (unpaired) electrons. The number of hydrogen-bond acceptors (Lipinski definition) is 3. The third-order valence-corrected chi connectivity index (χ3v) is 6.05. The molecule has 1 saturated heterocycles. The molecule has 1 aliphatic rings. The first-order valence-corrected chi connectivity index (χ1v) is 11.5. The van der Waals surface area contributed by atoms with Crippen molar-refractivity contribution in [3.8, 4) is 0 Å². The second kappa shape index (κ2) is 12.8. The molecule has 3 rings (SSSR count). The van der Waals surface area contributed by atoms with Gasteiger partial charge in [-0.2, -0.15) is 0 Å². The molecule has 0 aromatic heterocycles. The molecule has 2 atom stereocenters. The van der Waals surface area contributed by atoms with Gasteiger partial charge in [0.1, 0.15) is 0 Å². The molecule has 2 aromatic rings. The van der Waals surface area contributed by atoms with Crippen LogP contribution in [0.15, 0.2) is 65.7 Å². The van der Waals surface area contributed by atoms with Crippen LogP contribution in [0.1, 0.15) is 18.9 Å². The van der Waals surface area contributed by atoms with Crippen LogP contribution >= 0.6 is 24.0 Å². The molecular weight excluding hydrogens is 495 g/mol. The third-order valence-electron chi connectivity index (χ3n) is 4.75. The second-order valence-electron chi connectivity index (χ2n) is 6.95. The van der Waals surface area contributed by atoms with Crippen molar-refractivity contribution < 1.29 is 4.21 Å². The van der Waals surface area contributed by atoms with Crippen LogP contribution in [0.3, 0.4) is 0 Å². The zero-order valence-electron chi connectivity index (χ0n) is 16.9. The Balaban J connectivity index is 0.00000300. The monoisotopic (exact) mass is 526 g/mol. The van der Waals surface area contributed by atoms with E-state index in [9.17, 15) is 4.21 Å². The number of halogens is 1. The number of para-hydroxylation sites is 1. The smallest absolute Gasteiger partial charge is 0.191 e. The van der Waals surface area contributed by atoms with Gasteiger partial charge in [0.2, 0.25) is 0 Å². The summed E-state index contributed by atoms with van der Waals surface area (Å²) in [5.41, 5.74) is 2.38. The van der Waals surface area contributed by atoms with Gasteiger partial charge in [-0.1, -0.05) is 48.5 Å². The lowest BCUT2D eigenvalue weighted by Crippen LogP contribution is -2.44. The van der Waals surface area contributed by atoms with Gasteiger partial charge in [0, 0.05) is 53.7 Å². The largest absolute Gasteiger partial charge is 0.369 e. The van der Waals surface area contributed by atoms with E-state index in [1.54, 1.807) is 0 Å². The minimum Gasteiger partial charge on any atom is -0.369 e. The van der Waals surface area contributed by atoms with Gasteiger partial charge in [-0.3, -0.25) is 9.20 Å². The highest BCUT2D eigenvalue weighted by Crippen LogP contribution is 2.19. The molecule has 0 bridgehead atoms. The van der Waals surface area contributed by atoms with Gasteiger partial charge >= 0.3 is 0 Å². The Morgan fingerprint density at radius 2 is 1.83 bits per heavy atom. The SMILES string of the molecule is CCNC(=NCCS(=O)Cc1ccccc1)NC1CCN(c2ccccc2)C1.I. The first-order valence-electron chi connectivity index (χ1n) is 9.98. The molecule has 1 heterocycles. The van der Waals surface area contributed by atoms with Crippen molar-refractivity contribution in [2.45, 2.75) is 25.1 Å². The fraction of sp³-hybridized carbons (Fsp3) is 0.409. The molecule has 0 amide bonds. The molecular formula is C22H31IN4OS. The van der Waals surface area contributed by atoms with E-state index >= 15 is 0 Å². The Morgan fingerprint density at radius 3 is 2.52 bits per heavy atom. The fourth-order valence-electron chi connectivity index (χ4n) is 3.36. The minimum absolute atomic E-state index is 0. The average Bonchev–Trinajstić information content (AvgIpc) is 3.18. The maximum absolute atomic E-state index is 12.3. The first-order chi connectivity index (χ1) is 13.7. The van der Waals surface area contributed by atoms with E-state index in [1.165, 1.54) is 5.69 Å².